The van der Waals surface area contributed by atoms with Gasteiger partial charge in [0.05, 0.1) is 15.7 Å². The first-order valence-electron chi connectivity index (χ1n) is 4.95. The molecule has 0 radical (unpaired) electrons. The van der Waals surface area contributed by atoms with Gasteiger partial charge in [0, 0.05) is 11.8 Å². The maximum Gasteiger partial charge on any atom is 0.333 e. The number of urea groups is 1. The molecule has 0 bridgehead atoms. The number of benzene rings is 1. The number of ether oxygens (including phenoxy) is 1. The molecule has 2 N–H and O–H groups in total. The van der Waals surface area contributed by atoms with Crippen molar-refractivity contribution in [3.63, 3.8) is 0 Å². The molecule has 1 aromatic rings. The van der Waals surface area contributed by atoms with Crippen molar-refractivity contribution < 1.29 is 14.3 Å². The predicted molar refractivity (Wildman–Crippen MR) is 67.7 cm³/mol. The van der Waals surface area contributed by atoms with Gasteiger partial charge >= 0.3 is 12.0 Å². The van der Waals surface area contributed by atoms with Gasteiger partial charge in [-0.2, -0.15) is 0 Å². The molecule has 0 saturated heterocycles. The fourth-order valence-corrected chi connectivity index (χ4v) is 1.63. The SMILES string of the molecule is O=C(NC1=CC(=O)OC1)Nc1ccc(Cl)c(Cl)c1. The van der Waals surface area contributed by atoms with Gasteiger partial charge in [0.1, 0.15) is 6.61 Å². The highest BCUT2D eigenvalue weighted by Gasteiger charge is 2.15. The number of cyclic esters (lactones) is 1. The molecule has 2 rings (SSSR count). The topological polar surface area (TPSA) is 67.4 Å². The Morgan fingerprint density at radius 3 is 2.61 bits per heavy atom. The lowest BCUT2D eigenvalue weighted by atomic mass is 10.3. The summed E-state index contributed by atoms with van der Waals surface area (Å²) in [6, 6.07) is 4.21. The number of carbonyl (C=O) groups is 2. The number of rotatable bonds is 2. The third-order valence-corrected chi connectivity index (χ3v) is 2.85. The van der Waals surface area contributed by atoms with Gasteiger partial charge < -0.3 is 15.4 Å². The van der Waals surface area contributed by atoms with E-state index in [1.165, 1.54) is 12.1 Å². The van der Waals surface area contributed by atoms with Crippen LogP contribution in [-0.2, 0) is 9.53 Å². The molecule has 0 unspecified atom stereocenters. The van der Waals surface area contributed by atoms with E-state index in [0.717, 1.165) is 0 Å². The molecule has 7 heteroatoms. The zero-order valence-corrected chi connectivity index (χ0v) is 10.5. The van der Waals surface area contributed by atoms with Crippen LogP contribution in [-0.4, -0.2) is 18.6 Å². The minimum absolute atomic E-state index is 0.0631. The smallest absolute Gasteiger partial charge is 0.333 e. The number of esters is 1. The van der Waals surface area contributed by atoms with Crippen LogP contribution in [0.5, 0.6) is 0 Å². The molecule has 0 spiro atoms. The number of amides is 2. The lowest BCUT2D eigenvalue weighted by Crippen LogP contribution is -2.28. The van der Waals surface area contributed by atoms with Crippen molar-refractivity contribution >= 4 is 40.9 Å². The molecule has 1 heterocycles. The molecule has 2 amide bonds. The van der Waals surface area contributed by atoms with Gasteiger partial charge in [-0.05, 0) is 18.2 Å². The van der Waals surface area contributed by atoms with Crippen LogP contribution in [0.15, 0.2) is 30.0 Å². The number of halogens is 2. The number of anilines is 1. The number of hydrogen-bond acceptors (Lipinski definition) is 3. The summed E-state index contributed by atoms with van der Waals surface area (Å²) >= 11 is 11.6. The highest BCUT2D eigenvalue weighted by molar-refractivity contribution is 6.42. The van der Waals surface area contributed by atoms with Crippen molar-refractivity contribution in [1.82, 2.24) is 5.32 Å². The molecule has 18 heavy (non-hydrogen) atoms. The molecule has 0 aromatic heterocycles. The predicted octanol–water partition coefficient (Wildman–Crippen LogP) is 2.56. The molecule has 0 atom stereocenters. The normalized spacial score (nSPS) is 13.9. The number of hydrogen-bond donors (Lipinski definition) is 2. The minimum Gasteiger partial charge on any atom is -0.456 e. The van der Waals surface area contributed by atoms with Gasteiger partial charge in [-0.1, -0.05) is 23.2 Å². The van der Waals surface area contributed by atoms with Crippen molar-refractivity contribution in [1.29, 1.82) is 0 Å². The van der Waals surface area contributed by atoms with Crippen LogP contribution in [0, 0.1) is 0 Å². The Bertz CT molecular complexity index is 543. The number of carbonyl (C=O) groups excluding carboxylic acids is 2. The van der Waals surface area contributed by atoms with E-state index in [2.05, 4.69) is 15.4 Å². The summed E-state index contributed by atoms with van der Waals surface area (Å²) in [7, 11) is 0. The molecule has 5 nitrogen and oxygen atoms in total. The zero-order chi connectivity index (χ0) is 13.1. The highest BCUT2D eigenvalue weighted by Crippen LogP contribution is 2.24. The van der Waals surface area contributed by atoms with Crippen LogP contribution in [0.2, 0.25) is 10.0 Å². The summed E-state index contributed by atoms with van der Waals surface area (Å²) in [6.07, 6.45) is 1.22. The van der Waals surface area contributed by atoms with Crippen molar-refractivity contribution in [2.75, 3.05) is 11.9 Å². The summed E-state index contributed by atoms with van der Waals surface area (Å²) in [4.78, 5) is 22.3. The third kappa shape index (κ3) is 3.15. The van der Waals surface area contributed by atoms with E-state index in [0.29, 0.717) is 21.4 Å². The van der Waals surface area contributed by atoms with Crippen molar-refractivity contribution in [2.24, 2.45) is 0 Å². The molecule has 0 aliphatic carbocycles. The van der Waals surface area contributed by atoms with Crippen molar-refractivity contribution in [3.05, 3.63) is 40.0 Å². The first-order valence-corrected chi connectivity index (χ1v) is 5.70. The van der Waals surface area contributed by atoms with E-state index in [1.807, 2.05) is 0 Å². The van der Waals surface area contributed by atoms with Crippen LogP contribution in [0.25, 0.3) is 0 Å². The van der Waals surface area contributed by atoms with Gasteiger partial charge in [0.15, 0.2) is 0 Å². The minimum atomic E-state index is -0.488. The van der Waals surface area contributed by atoms with Crippen LogP contribution >= 0.6 is 23.2 Å². The quantitative estimate of drug-likeness (QED) is 0.821. The molecular formula is C11H8Cl2N2O3. The van der Waals surface area contributed by atoms with Crippen molar-refractivity contribution in [3.8, 4) is 0 Å². The van der Waals surface area contributed by atoms with Crippen LogP contribution in [0.4, 0.5) is 10.5 Å². The average Bonchev–Trinajstić information content (AvgIpc) is 2.69. The summed E-state index contributed by atoms with van der Waals surface area (Å²) in [5.41, 5.74) is 0.894. The average molecular weight is 287 g/mol. The fourth-order valence-electron chi connectivity index (χ4n) is 1.33. The van der Waals surface area contributed by atoms with E-state index in [1.54, 1.807) is 12.1 Å². The Morgan fingerprint density at radius 1 is 1.22 bits per heavy atom. The second-order valence-electron chi connectivity index (χ2n) is 3.49. The molecular weight excluding hydrogens is 279 g/mol. The van der Waals surface area contributed by atoms with E-state index >= 15 is 0 Å². The molecule has 1 aliphatic rings. The Kier molecular flexibility index (Phi) is 3.74. The molecule has 1 aromatic carbocycles. The maximum absolute atomic E-state index is 11.6. The monoisotopic (exact) mass is 286 g/mol. The lowest BCUT2D eigenvalue weighted by Gasteiger charge is -2.08. The van der Waals surface area contributed by atoms with Gasteiger partial charge in [0.25, 0.3) is 0 Å². The van der Waals surface area contributed by atoms with Gasteiger partial charge in [-0.15, -0.1) is 0 Å². The summed E-state index contributed by atoms with van der Waals surface area (Å²) in [5, 5.41) is 5.78. The Hall–Kier alpha value is -1.72. The Balaban J connectivity index is 1.97. The standard InChI is InChI=1S/C11H8Cl2N2O3/c12-8-2-1-6(3-9(8)13)14-11(17)15-7-4-10(16)18-5-7/h1-4H,5H2,(H2,14,15,17). The molecule has 0 fully saturated rings. The third-order valence-electron chi connectivity index (χ3n) is 2.11. The highest BCUT2D eigenvalue weighted by atomic mass is 35.5. The van der Waals surface area contributed by atoms with E-state index < -0.39 is 12.0 Å². The number of nitrogens with one attached hydrogen (secondary N) is 2. The largest absolute Gasteiger partial charge is 0.456 e. The first-order chi connectivity index (χ1) is 8.54. The van der Waals surface area contributed by atoms with Crippen molar-refractivity contribution in [2.45, 2.75) is 0 Å². The molecule has 1 aliphatic heterocycles. The first kappa shape index (κ1) is 12.7. The second-order valence-corrected chi connectivity index (χ2v) is 4.30. The van der Waals surface area contributed by atoms with Crippen LogP contribution in [0.3, 0.4) is 0 Å². The Labute approximate surface area is 113 Å². The molecule has 94 valence electrons. The van der Waals surface area contributed by atoms with Gasteiger partial charge in [-0.25, -0.2) is 9.59 Å². The van der Waals surface area contributed by atoms with Gasteiger partial charge in [0.2, 0.25) is 0 Å². The summed E-state index contributed by atoms with van der Waals surface area (Å²) < 4.78 is 4.64. The van der Waals surface area contributed by atoms with Crippen LogP contribution in [0.1, 0.15) is 0 Å². The fraction of sp³-hybridized carbons (Fsp3) is 0.0909. The maximum atomic E-state index is 11.6. The van der Waals surface area contributed by atoms with E-state index in [4.69, 9.17) is 23.2 Å². The van der Waals surface area contributed by atoms with E-state index in [-0.39, 0.29) is 6.61 Å². The second kappa shape index (κ2) is 5.29. The van der Waals surface area contributed by atoms with Crippen LogP contribution < -0.4 is 10.6 Å². The Morgan fingerprint density at radius 2 is 2.00 bits per heavy atom. The lowest BCUT2D eigenvalue weighted by molar-refractivity contribution is -0.134. The van der Waals surface area contributed by atoms with E-state index in [9.17, 15) is 9.59 Å². The molecule has 0 saturated carbocycles. The summed E-state index contributed by atoms with van der Waals surface area (Å²) in [6.45, 7) is 0.0631. The zero-order valence-electron chi connectivity index (χ0n) is 9.00. The summed E-state index contributed by atoms with van der Waals surface area (Å²) in [5.74, 6) is -0.472. The van der Waals surface area contributed by atoms with Gasteiger partial charge in [-0.3, -0.25) is 0 Å².